The number of nitrogens with zero attached hydrogens (tertiary/aromatic N) is 3. The van der Waals surface area contributed by atoms with Gasteiger partial charge in [0.2, 0.25) is 10.0 Å². The zero-order chi connectivity index (χ0) is 36.1. The normalized spacial score (nSPS) is 20.7. The van der Waals surface area contributed by atoms with E-state index in [4.69, 9.17) is 14.0 Å². The van der Waals surface area contributed by atoms with Crippen LogP contribution in [0, 0.1) is 26.7 Å². The van der Waals surface area contributed by atoms with Crippen LogP contribution >= 0.6 is 0 Å². The predicted molar refractivity (Wildman–Crippen MR) is 185 cm³/mol. The van der Waals surface area contributed by atoms with Crippen molar-refractivity contribution in [2.24, 2.45) is 5.92 Å². The van der Waals surface area contributed by atoms with Gasteiger partial charge in [-0.2, -0.15) is 4.31 Å². The van der Waals surface area contributed by atoms with Gasteiger partial charge in [-0.3, -0.25) is 9.52 Å². The lowest BCUT2D eigenvalue weighted by atomic mass is 10.0. The van der Waals surface area contributed by atoms with Crippen LogP contribution in [0.5, 0.6) is 5.75 Å². The molecule has 15 heteroatoms. The van der Waals surface area contributed by atoms with Crippen molar-refractivity contribution in [3.05, 3.63) is 65.0 Å². The first-order chi connectivity index (χ1) is 23.0. The number of hydrogen-bond donors (Lipinski definition) is 2. The number of ether oxygens (including phenoxy) is 2. The first-order valence-electron chi connectivity index (χ1n) is 16.4. The first-order valence-corrected chi connectivity index (χ1v) is 19.3. The molecular formula is C34H48N4O9S2. The number of carbonyl (C=O) groups is 1. The standard InChI is InChI=1S/C34H48N4O9S2/c1-22-11-14-29(15-12-22)49(43,44)37(7)20-32-23(2)19-38(24(3)21-39)34(40)30-18-28(36-48(41,42)33-26(5)35-47-27(33)6)13-16-31(30)46-25(4)10-8-9-17-45-32/h11-16,18,23-25,32,36,39H,8-10,17,19-21H2,1-7H3/t23-,24-,25+,32+/m1/s1. The van der Waals surface area contributed by atoms with E-state index >= 15 is 0 Å². The summed E-state index contributed by atoms with van der Waals surface area (Å²) in [6.07, 6.45) is 1.23. The van der Waals surface area contributed by atoms with Crippen LogP contribution in [0.1, 0.15) is 67.4 Å². The van der Waals surface area contributed by atoms with Crippen LogP contribution in [0.15, 0.2) is 56.8 Å². The molecule has 4 atom stereocenters. The number of likely N-dealkylation sites (N-methyl/N-ethyl adjacent to an activating group) is 1. The summed E-state index contributed by atoms with van der Waals surface area (Å²) in [7, 11) is -6.43. The van der Waals surface area contributed by atoms with Crippen molar-refractivity contribution in [2.75, 3.05) is 38.1 Å². The fraction of sp³-hybridized carbons (Fsp3) is 0.529. The van der Waals surface area contributed by atoms with Gasteiger partial charge in [-0.05, 0) is 84.2 Å². The summed E-state index contributed by atoms with van der Waals surface area (Å²) >= 11 is 0. The van der Waals surface area contributed by atoms with Gasteiger partial charge >= 0.3 is 0 Å². The second kappa shape index (κ2) is 16.0. The third kappa shape index (κ3) is 9.19. The number of aliphatic hydroxyl groups excluding tert-OH is 1. The molecule has 1 aromatic heterocycles. The molecule has 1 amide bonds. The molecule has 4 rings (SSSR count). The van der Waals surface area contributed by atoms with E-state index in [1.54, 1.807) is 37.3 Å². The first kappa shape index (κ1) is 38.3. The Bertz CT molecular complexity index is 1790. The molecular weight excluding hydrogens is 673 g/mol. The maximum absolute atomic E-state index is 14.4. The van der Waals surface area contributed by atoms with E-state index in [1.807, 2.05) is 20.8 Å². The van der Waals surface area contributed by atoms with Crippen LogP contribution in [0.4, 0.5) is 5.69 Å². The zero-order valence-electron chi connectivity index (χ0n) is 29.2. The molecule has 1 aliphatic rings. The van der Waals surface area contributed by atoms with Gasteiger partial charge in [-0.1, -0.05) is 29.8 Å². The summed E-state index contributed by atoms with van der Waals surface area (Å²) < 4.78 is 75.0. The van der Waals surface area contributed by atoms with Gasteiger partial charge in [0.15, 0.2) is 10.7 Å². The number of fused-ring (bicyclic) bond motifs is 1. The van der Waals surface area contributed by atoms with Gasteiger partial charge in [-0.15, -0.1) is 0 Å². The van der Waals surface area contributed by atoms with Crippen molar-refractivity contribution in [3.8, 4) is 5.75 Å². The molecule has 0 spiro atoms. The molecule has 0 fully saturated rings. The van der Waals surface area contributed by atoms with E-state index in [9.17, 15) is 26.7 Å². The van der Waals surface area contributed by atoms with Crippen molar-refractivity contribution in [3.63, 3.8) is 0 Å². The van der Waals surface area contributed by atoms with E-state index in [1.165, 1.54) is 42.2 Å². The third-order valence-electron chi connectivity index (χ3n) is 8.71. The highest BCUT2D eigenvalue weighted by atomic mass is 32.2. The minimum atomic E-state index is -4.11. The van der Waals surface area contributed by atoms with Gasteiger partial charge in [0, 0.05) is 38.3 Å². The van der Waals surface area contributed by atoms with E-state index in [-0.39, 0.29) is 70.0 Å². The lowest BCUT2D eigenvalue weighted by Gasteiger charge is -2.35. The van der Waals surface area contributed by atoms with Crippen LogP contribution in [-0.2, 0) is 24.8 Å². The monoisotopic (exact) mass is 720 g/mol. The Morgan fingerprint density at radius 1 is 1.06 bits per heavy atom. The highest BCUT2D eigenvalue weighted by Crippen LogP contribution is 2.30. The molecule has 270 valence electrons. The average Bonchev–Trinajstić information content (AvgIpc) is 3.40. The fourth-order valence-corrected chi connectivity index (χ4v) is 8.32. The maximum atomic E-state index is 14.4. The number of aromatic nitrogens is 1. The van der Waals surface area contributed by atoms with E-state index in [2.05, 4.69) is 9.88 Å². The summed E-state index contributed by atoms with van der Waals surface area (Å²) in [6.45, 7) is 10.5. The van der Waals surface area contributed by atoms with E-state index in [0.29, 0.717) is 19.4 Å². The summed E-state index contributed by atoms with van der Waals surface area (Å²) in [5.74, 6) is -0.469. The van der Waals surface area contributed by atoms with Gasteiger partial charge in [0.1, 0.15) is 11.4 Å². The Labute approximate surface area is 289 Å². The molecule has 0 saturated carbocycles. The number of nitrogens with one attached hydrogen (secondary N) is 1. The molecule has 3 aromatic rings. The topological polar surface area (TPSA) is 169 Å². The van der Waals surface area contributed by atoms with E-state index in [0.717, 1.165) is 12.0 Å². The molecule has 1 aliphatic heterocycles. The number of amides is 1. The molecule has 0 bridgehead atoms. The molecule has 0 aliphatic carbocycles. The number of rotatable bonds is 9. The summed E-state index contributed by atoms with van der Waals surface area (Å²) in [6, 6.07) is 10.5. The molecule has 13 nitrogen and oxygen atoms in total. The smallest absolute Gasteiger partial charge is 0.267 e. The number of sulfonamides is 2. The van der Waals surface area contributed by atoms with Crippen molar-refractivity contribution in [2.45, 2.75) is 88.8 Å². The summed E-state index contributed by atoms with van der Waals surface area (Å²) in [5, 5.41) is 14.0. The van der Waals surface area contributed by atoms with Crippen LogP contribution in [0.3, 0.4) is 0 Å². The molecule has 0 saturated heterocycles. The van der Waals surface area contributed by atoms with Crippen LogP contribution in [-0.4, -0.2) is 93.8 Å². The summed E-state index contributed by atoms with van der Waals surface area (Å²) in [4.78, 5) is 16.0. The Hall–Kier alpha value is -3.50. The molecule has 2 heterocycles. The molecule has 2 aromatic carbocycles. The van der Waals surface area contributed by atoms with Crippen molar-refractivity contribution < 1.29 is 40.7 Å². The number of aryl methyl sites for hydroxylation is 3. The SMILES string of the molecule is Cc1ccc(S(=O)(=O)N(C)C[C@@H]2OCCCC[C@H](C)Oc3ccc(NS(=O)(=O)c4c(C)noc4C)cc3C(=O)N([C@H](C)CO)C[C@H]2C)cc1. The lowest BCUT2D eigenvalue weighted by Crippen LogP contribution is -2.48. The number of benzene rings is 2. The van der Waals surface area contributed by atoms with Crippen molar-refractivity contribution in [1.82, 2.24) is 14.4 Å². The van der Waals surface area contributed by atoms with Gasteiger partial charge in [0.05, 0.1) is 35.3 Å². The van der Waals surface area contributed by atoms with Crippen LogP contribution < -0.4 is 9.46 Å². The highest BCUT2D eigenvalue weighted by Gasteiger charge is 2.33. The zero-order valence-corrected chi connectivity index (χ0v) is 30.8. The number of aliphatic hydroxyl groups is 1. The molecule has 0 unspecified atom stereocenters. The third-order valence-corrected chi connectivity index (χ3v) is 12.2. The Balaban J connectivity index is 1.69. The predicted octanol–water partition coefficient (Wildman–Crippen LogP) is 4.52. The lowest BCUT2D eigenvalue weighted by molar-refractivity contribution is -0.00833. The van der Waals surface area contributed by atoms with Crippen molar-refractivity contribution >= 4 is 31.6 Å². The van der Waals surface area contributed by atoms with Crippen LogP contribution in [0.25, 0.3) is 0 Å². The second-order valence-corrected chi connectivity index (χ2v) is 16.5. The number of carbonyl (C=O) groups excluding carboxylic acids is 1. The molecule has 0 radical (unpaired) electrons. The summed E-state index contributed by atoms with van der Waals surface area (Å²) in [5.41, 5.74) is 1.37. The largest absolute Gasteiger partial charge is 0.490 e. The number of hydrogen-bond acceptors (Lipinski definition) is 10. The van der Waals surface area contributed by atoms with E-state index < -0.39 is 38.1 Å². The number of anilines is 1. The average molecular weight is 721 g/mol. The quantitative estimate of drug-likeness (QED) is 0.321. The van der Waals surface area contributed by atoms with Crippen molar-refractivity contribution in [1.29, 1.82) is 0 Å². The highest BCUT2D eigenvalue weighted by molar-refractivity contribution is 7.92. The molecule has 2 N–H and O–H groups in total. The van der Waals surface area contributed by atoms with Crippen LogP contribution in [0.2, 0.25) is 0 Å². The Morgan fingerprint density at radius 2 is 1.76 bits per heavy atom. The maximum Gasteiger partial charge on any atom is 0.267 e. The minimum Gasteiger partial charge on any atom is -0.490 e. The minimum absolute atomic E-state index is 0.0383. The van der Waals surface area contributed by atoms with Gasteiger partial charge in [0.25, 0.3) is 15.9 Å². The Kier molecular flexibility index (Phi) is 12.5. The van der Waals surface area contributed by atoms with Gasteiger partial charge in [-0.25, -0.2) is 16.8 Å². The fourth-order valence-electron chi connectivity index (χ4n) is 5.75. The second-order valence-electron chi connectivity index (χ2n) is 12.9. The molecule has 49 heavy (non-hydrogen) atoms. The Morgan fingerprint density at radius 3 is 2.39 bits per heavy atom. The van der Waals surface area contributed by atoms with Gasteiger partial charge < -0.3 is 24.0 Å².